The molecular weight excluding hydrogens is 456 g/mol. The number of carbonyl (C=O) groups excluding carboxylic acids is 1. The molecule has 0 aliphatic rings. The molecule has 3 rings (SSSR count). The number of nitrogens with one attached hydrogen (secondary N) is 2. The van der Waals surface area contributed by atoms with Gasteiger partial charge in [-0.05, 0) is 74.4 Å². The Kier molecular flexibility index (Phi) is 7.57. The van der Waals surface area contributed by atoms with E-state index in [4.69, 9.17) is 9.47 Å². The number of carboxylic acid groups (broad SMARTS) is 1. The molecule has 1 unspecified atom stereocenters. The van der Waals surface area contributed by atoms with Gasteiger partial charge in [0.25, 0.3) is 0 Å². The molecule has 0 aliphatic heterocycles. The number of urea groups is 1. The van der Waals surface area contributed by atoms with E-state index >= 15 is 0 Å². The molecule has 178 valence electrons. The van der Waals surface area contributed by atoms with Crippen LogP contribution in [0.3, 0.4) is 0 Å². The summed E-state index contributed by atoms with van der Waals surface area (Å²) in [4.78, 5) is 23.7. The Morgan fingerprint density at radius 3 is 2.24 bits per heavy atom. The molecule has 9 heteroatoms. The van der Waals surface area contributed by atoms with Gasteiger partial charge < -0.3 is 19.9 Å². The minimum absolute atomic E-state index is 0.0267. The molecule has 0 fully saturated rings. The minimum Gasteiger partial charge on any atom is -0.497 e. The third-order valence-corrected chi connectivity index (χ3v) is 5.64. The maximum Gasteiger partial charge on any atom is 0.335 e. The van der Waals surface area contributed by atoms with Gasteiger partial charge in [-0.3, -0.25) is 4.72 Å². The van der Waals surface area contributed by atoms with E-state index in [1.165, 1.54) is 18.2 Å². The van der Waals surface area contributed by atoms with Gasteiger partial charge in [-0.1, -0.05) is 24.3 Å². The van der Waals surface area contributed by atoms with Crippen LogP contribution in [0.2, 0.25) is 0 Å². The molecule has 0 saturated heterocycles. The minimum atomic E-state index is -2.07. The van der Waals surface area contributed by atoms with Gasteiger partial charge >= 0.3 is 12.0 Å². The van der Waals surface area contributed by atoms with Crippen LogP contribution in [0.5, 0.6) is 17.2 Å². The van der Waals surface area contributed by atoms with Crippen molar-refractivity contribution in [2.75, 3.05) is 7.11 Å². The van der Waals surface area contributed by atoms with Crippen molar-refractivity contribution in [1.82, 2.24) is 10.0 Å². The summed E-state index contributed by atoms with van der Waals surface area (Å²) in [6, 6.07) is 18.1. The van der Waals surface area contributed by atoms with Crippen LogP contribution in [0.15, 0.2) is 71.6 Å². The van der Waals surface area contributed by atoms with Gasteiger partial charge in [-0.15, -0.1) is 0 Å². The highest BCUT2D eigenvalue weighted by Crippen LogP contribution is 2.32. The summed E-state index contributed by atoms with van der Waals surface area (Å²) >= 11 is 0. The molecule has 8 nitrogen and oxygen atoms in total. The summed E-state index contributed by atoms with van der Waals surface area (Å²) in [5.74, 6) is 0.162. The molecular formula is C25H26N2O6S. The number of amides is 2. The molecule has 0 spiro atoms. The smallest absolute Gasteiger partial charge is 0.335 e. The summed E-state index contributed by atoms with van der Waals surface area (Å²) in [5, 5.41) is 12.0. The van der Waals surface area contributed by atoms with Crippen LogP contribution in [0.25, 0.3) is 11.1 Å². The Morgan fingerprint density at radius 1 is 0.912 bits per heavy atom. The Balaban J connectivity index is 1.90. The molecule has 2 amide bonds. The predicted octanol–water partition coefficient (Wildman–Crippen LogP) is 4.97. The van der Waals surface area contributed by atoms with Crippen molar-refractivity contribution >= 4 is 23.0 Å². The van der Waals surface area contributed by atoms with Crippen molar-refractivity contribution in [2.45, 2.75) is 31.2 Å². The van der Waals surface area contributed by atoms with Crippen molar-refractivity contribution in [2.24, 2.45) is 0 Å². The lowest BCUT2D eigenvalue weighted by atomic mass is 10.1. The number of carboxylic acids is 1. The van der Waals surface area contributed by atoms with E-state index in [-0.39, 0.29) is 16.2 Å². The largest absolute Gasteiger partial charge is 0.497 e. The fourth-order valence-electron chi connectivity index (χ4n) is 3.03. The molecule has 0 aromatic heterocycles. The maximum atomic E-state index is 12.9. The first-order valence-corrected chi connectivity index (χ1v) is 11.5. The molecule has 3 aromatic carbocycles. The van der Waals surface area contributed by atoms with Gasteiger partial charge in [0.15, 0.2) is 11.0 Å². The van der Waals surface area contributed by atoms with Crippen LogP contribution in [0, 0.1) is 0 Å². The van der Waals surface area contributed by atoms with Crippen LogP contribution in [-0.4, -0.2) is 34.0 Å². The molecule has 0 radical (unpaired) electrons. The van der Waals surface area contributed by atoms with Crippen LogP contribution < -0.4 is 19.5 Å². The molecule has 3 N–H and O–H groups in total. The fraction of sp³-hybridized carbons (Fsp3) is 0.200. The van der Waals surface area contributed by atoms with Crippen molar-refractivity contribution in [3.05, 3.63) is 72.3 Å². The van der Waals surface area contributed by atoms with Crippen molar-refractivity contribution in [3.8, 4) is 28.4 Å². The summed E-state index contributed by atoms with van der Waals surface area (Å²) in [6.45, 7) is 5.35. The third-order valence-electron chi connectivity index (χ3n) is 4.55. The molecule has 1 atom stereocenters. The topological polar surface area (TPSA) is 114 Å². The fourth-order valence-corrected chi connectivity index (χ4v) is 3.88. The first kappa shape index (κ1) is 24.8. The molecule has 3 aromatic rings. The molecule has 0 bridgehead atoms. The van der Waals surface area contributed by atoms with Crippen LogP contribution >= 0.6 is 0 Å². The van der Waals surface area contributed by atoms with Crippen molar-refractivity contribution < 1.29 is 28.4 Å². The average Bonchev–Trinajstić information content (AvgIpc) is 2.78. The van der Waals surface area contributed by atoms with E-state index in [1.807, 2.05) is 36.4 Å². The van der Waals surface area contributed by atoms with Gasteiger partial charge in [0.1, 0.15) is 22.1 Å². The Hall–Kier alpha value is -3.85. The lowest BCUT2D eigenvalue weighted by Gasteiger charge is -2.20. The number of benzene rings is 3. The summed E-state index contributed by atoms with van der Waals surface area (Å²) in [6.07, 6.45) is 0. The SMILES string of the molecule is COc1ccc(-c2cccc(Oc3ccc(C(=O)O)cc3S(=O)NC(=O)NC(C)(C)C)c2)cc1. The predicted molar refractivity (Wildman–Crippen MR) is 130 cm³/mol. The van der Waals surface area contributed by atoms with Gasteiger partial charge in [-0.2, -0.15) is 0 Å². The second-order valence-corrected chi connectivity index (χ2v) is 9.58. The Morgan fingerprint density at radius 2 is 1.62 bits per heavy atom. The number of ether oxygens (including phenoxy) is 2. The molecule has 0 saturated carbocycles. The Labute approximate surface area is 200 Å². The number of aromatic carboxylic acids is 1. The number of carbonyl (C=O) groups is 2. The van der Waals surface area contributed by atoms with Gasteiger partial charge in [-0.25, -0.2) is 13.8 Å². The zero-order valence-electron chi connectivity index (χ0n) is 19.2. The van der Waals surface area contributed by atoms with E-state index in [1.54, 1.807) is 40.0 Å². The number of hydrogen-bond acceptors (Lipinski definition) is 5. The van der Waals surface area contributed by atoms with E-state index in [0.717, 1.165) is 16.9 Å². The van der Waals surface area contributed by atoms with E-state index in [2.05, 4.69) is 10.0 Å². The van der Waals surface area contributed by atoms with Crippen LogP contribution in [0.1, 0.15) is 31.1 Å². The van der Waals surface area contributed by atoms with Crippen LogP contribution in [-0.2, 0) is 11.0 Å². The first-order valence-electron chi connectivity index (χ1n) is 10.4. The zero-order chi connectivity index (χ0) is 24.9. The highest BCUT2D eigenvalue weighted by Gasteiger charge is 2.20. The molecule has 34 heavy (non-hydrogen) atoms. The summed E-state index contributed by atoms with van der Waals surface area (Å²) < 4.78 is 26.4. The third kappa shape index (κ3) is 6.58. The standard InChI is InChI=1S/C25H26N2O6S/c1-25(2,3)26-24(30)27-34(31)22-15-18(23(28)29)10-13-21(22)33-20-7-5-6-17(14-20)16-8-11-19(32-4)12-9-16/h5-15H,1-4H3,(H,28,29)(H2,26,27,30). The lowest BCUT2D eigenvalue weighted by Crippen LogP contribution is -2.46. The zero-order valence-corrected chi connectivity index (χ0v) is 20.1. The average molecular weight is 483 g/mol. The summed E-state index contributed by atoms with van der Waals surface area (Å²) in [7, 11) is -0.470. The van der Waals surface area contributed by atoms with Gasteiger partial charge in [0, 0.05) is 5.54 Å². The summed E-state index contributed by atoms with van der Waals surface area (Å²) in [5.41, 5.74) is 1.20. The first-order chi connectivity index (χ1) is 16.1. The quantitative estimate of drug-likeness (QED) is 0.438. The molecule has 0 heterocycles. The van der Waals surface area contributed by atoms with Gasteiger partial charge in [0.05, 0.1) is 12.7 Å². The maximum absolute atomic E-state index is 12.9. The highest BCUT2D eigenvalue weighted by molar-refractivity contribution is 7.83. The monoisotopic (exact) mass is 482 g/mol. The normalized spacial score (nSPS) is 11.9. The molecule has 0 aliphatic carbocycles. The van der Waals surface area contributed by atoms with E-state index in [9.17, 15) is 18.9 Å². The second kappa shape index (κ2) is 10.4. The van der Waals surface area contributed by atoms with E-state index in [0.29, 0.717) is 5.75 Å². The highest BCUT2D eigenvalue weighted by atomic mass is 32.2. The van der Waals surface area contributed by atoms with Crippen molar-refractivity contribution in [1.29, 1.82) is 0 Å². The van der Waals surface area contributed by atoms with Gasteiger partial charge in [0.2, 0.25) is 0 Å². The number of methoxy groups -OCH3 is 1. The number of rotatable bonds is 7. The number of hydrogen-bond donors (Lipinski definition) is 3. The van der Waals surface area contributed by atoms with Crippen LogP contribution in [0.4, 0.5) is 4.79 Å². The second-order valence-electron chi connectivity index (χ2n) is 8.40. The van der Waals surface area contributed by atoms with Crippen molar-refractivity contribution in [3.63, 3.8) is 0 Å². The lowest BCUT2D eigenvalue weighted by molar-refractivity contribution is 0.0696. The Bertz CT molecular complexity index is 1220. The van der Waals surface area contributed by atoms with E-state index < -0.39 is 28.5 Å².